The molecule has 18 heavy (non-hydrogen) atoms. The van der Waals surface area contributed by atoms with Crippen molar-refractivity contribution < 1.29 is 0 Å². The van der Waals surface area contributed by atoms with Crippen LogP contribution in [-0.2, 0) is 0 Å². The molecule has 1 rings (SSSR count). The van der Waals surface area contributed by atoms with Crippen molar-refractivity contribution in [2.24, 2.45) is 0 Å². The first kappa shape index (κ1) is 15.6. The van der Waals surface area contributed by atoms with Crippen LogP contribution in [0.1, 0.15) is 0 Å². The molecule has 0 aliphatic rings. The molecule has 0 aliphatic heterocycles. The van der Waals surface area contributed by atoms with Gasteiger partial charge in [0.05, 0.1) is 17.1 Å². The zero-order valence-corrected chi connectivity index (χ0v) is 13.3. The van der Waals surface area contributed by atoms with Crippen LogP contribution in [0.25, 0.3) is 0 Å². The standard InChI is InChI=1S/C11H11BrCl3N3/c1-17-9-6-7(12)2-3-8(9)18-5-4-10(16)11(13,14)15/h2-6,16-18H,1H3/b5-4-,16-10?. The molecule has 0 aliphatic carbocycles. The summed E-state index contributed by atoms with van der Waals surface area (Å²) in [6.45, 7) is 0. The number of hydrogen-bond donors (Lipinski definition) is 3. The lowest BCUT2D eigenvalue weighted by Gasteiger charge is -2.10. The molecule has 0 spiro atoms. The molecule has 0 atom stereocenters. The highest BCUT2D eigenvalue weighted by molar-refractivity contribution is 9.10. The van der Waals surface area contributed by atoms with Crippen LogP contribution in [0.15, 0.2) is 34.9 Å². The van der Waals surface area contributed by atoms with Gasteiger partial charge < -0.3 is 16.0 Å². The molecule has 0 radical (unpaired) electrons. The molecule has 3 nitrogen and oxygen atoms in total. The van der Waals surface area contributed by atoms with Crippen LogP contribution in [-0.4, -0.2) is 16.6 Å². The lowest BCUT2D eigenvalue weighted by atomic mass is 10.2. The summed E-state index contributed by atoms with van der Waals surface area (Å²) in [7, 11) is 1.82. The Labute approximate surface area is 129 Å². The Morgan fingerprint density at radius 2 is 2.00 bits per heavy atom. The smallest absolute Gasteiger partial charge is 0.231 e. The molecule has 1 aromatic carbocycles. The molecule has 0 bridgehead atoms. The van der Waals surface area contributed by atoms with Gasteiger partial charge in [0.25, 0.3) is 0 Å². The lowest BCUT2D eigenvalue weighted by molar-refractivity contribution is 1.41. The van der Waals surface area contributed by atoms with Gasteiger partial charge >= 0.3 is 0 Å². The highest BCUT2D eigenvalue weighted by Gasteiger charge is 2.23. The number of hydrogen-bond acceptors (Lipinski definition) is 3. The van der Waals surface area contributed by atoms with E-state index in [1.54, 1.807) is 6.20 Å². The van der Waals surface area contributed by atoms with E-state index >= 15 is 0 Å². The molecule has 0 fully saturated rings. The highest BCUT2D eigenvalue weighted by Crippen LogP contribution is 2.28. The van der Waals surface area contributed by atoms with E-state index in [1.165, 1.54) is 6.08 Å². The van der Waals surface area contributed by atoms with E-state index in [0.717, 1.165) is 15.8 Å². The monoisotopic (exact) mass is 369 g/mol. The molecule has 98 valence electrons. The number of anilines is 2. The Morgan fingerprint density at radius 3 is 2.56 bits per heavy atom. The molecule has 0 heterocycles. The van der Waals surface area contributed by atoms with Crippen molar-refractivity contribution in [1.29, 1.82) is 5.41 Å². The van der Waals surface area contributed by atoms with Crippen LogP contribution in [0.4, 0.5) is 11.4 Å². The molecule has 3 N–H and O–H groups in total. The van der Waals surface area contributed by atoms with Gasteiger partial charge in [-0.15, -0.1) is 0 Å². The van der Waals surface area contributed by atoms with Gasteiger partial charge in [0.2, 0.25) is 3.79 Å². The average Bonchev–Trinajstić information content (AvgIpc) is 2.29. The summed E-state index contributed by atoms with van der Waals surface area (Å²) in [5.74, 6) is 0. The Hall–Kier alpha value is -0.420. The number of benzene rings is 1. The van der Waals surface area contributed by atoms with Crippen molar-refractivity contribution in [2.45, 2.75) is 3.79 Å². The van der Waals surface area contributed by atoms with Crippen LogP contribution in [0, 0.1) is 5.41 Å². The predicted octanol–water partition coefficient (Wildman–Crippen LogP) is 4.81. The summed E-state index contributed by atoms with van der Waals surface area (Å²) in [5, 5.41) is 13.6. The van der Waals surface area contributed by atoms with Crippen molar-refractivity contribution in [2.75, 3.05) is 17.7 Å². The highest BCUT2D eigenvalue weighted by atomic mass is 79.9. The first-order chi connectivity index (χ1) is 8.34. The van der Waals surface area contributed by atoms with Crippen molar-refractivity contribution in [3.63, 3.8) is 0 Å². The van der Waals surface area contributed by atoms with Crippen molar-refractivity contribution in [1.82, 2.24) is 0 Å². The van der Waals surface area contributed by atoms with E-state index < -0.39 is 3.79 Å². The van der Waals surface area contributed by atoms with Gasteiger partial charge in [0, 0.05) is 17.7 Å². The van der Waals surface area contributed by atoms with Crippen molar-refractivity contribution >= 4 is 67.8 Å². The summed E-state index contributed by atoms with van der Waals surface area (Å²) in [6.07, 6.45) is 2.95. The topological polar surface area (TPSA) is 47.9 Å². The summed E-state index contributed by atoms with van der Waals surface area (Å²) < 4.78 is -0.737. The molecular weight excluding hydrogens is 360 g/mol. The zero-order valence-electron chi connectivity index (χ0n) is 9.40. The van der Waals surface area contributed by atoms with Crippen LogP contribution in [0.5, 0.6) is 0 Å². The largest absolute Gasteiger partial charge is 0.386 e. The first-order valence-corrected chi connectivity index (χ1v) is 6.83. The predicted molar refractivity (Wildman–Crippen MR) is 84.5 cm³/mol. The van der Waals surface area contributed by atoms with Gasteiger partial charge in [-0.25, -0.2) is 0 Å². The quantitative estimate of drug-likeness (QED) is 0.526. The second-order valence-electron chi connectivity index (χ2n) is 3.33. The molecule has 0 aromatic heterocycles. The second kappa shape index (κ2) is 6.66. The van der Waals surface area contributed by atoms with Gasteiger partial charge in [0.1, 0.15) is 0 Å². The van der Waals surface area contributed by atoms with E-state index in [2.05, 4.69) is 26.6 Å². The van der Waals surface area contributed by atoms with Crippen molar-refractivity contribution in [3.8, 4) is 0 Å². The maximum atomic E-state index is 7.49. The van der Waals surface area contributed by atoms with Crippen LogP contribution >= 0.6 is 50.7 Å². The number of rotatable bonds is 4. The second-order valence-corrected chi connectivity index (χ2v) is 6.53. The van der Waals surface area contributed by atoms with Crippen LogP contribution in [0.3, 0.4) is 0 Å². The molecule has 0 saturated carbocycles. The number of allylic oxidation sites excluding steroid dienone is 1. The van der Waals surface area contributed by atoms with E-state index in [-0.39, 0.29) is 5.71 Å². The Kier molecular flexibility index (Phi) is 5.79. The van der Waals surface area contributed by atoms with Gasteiger partial charge in [0.15, 0.2) is 0 Å². The minimum absolute atomic E-state index is 0.108. The maximum Gasteiger partial charge on any atom is 0.231 e. The summed E-state index contributed by atoms with van der Waals surface area (Å²) in [5.41, 5.74) is 1.66. The van der Waals surface area contributed by atoms with Crippen LogP contribution in [0.2, 0.25) is 0 Å². The Balaban J connectivity index is 2.75. The number of halogens is 4. The van der Waals surface area contributed by atoms with E-state index in [4.69, 9.17) is 40.2 Å². The first-order valence-electron chi connectivity index (χ1n) is 4.90. The minimum Gasteiger partial charge on any atom is -0.386 e. The summed E-state index contributed by atoms with van der Waals surface area (Å²) >= 11 is 20.0. The fraction of sp³-hybridized carbons (Fsp3) is 0.182. The fourth-order valence-electron chi connectivity index (χ4n) is 1.16. The van der Waals surface area contributed by atoms with Crippen LogP contribution < -0.4 is 10.6 Å². The molecular formula is C11H11BrCl3N3. The number of alkyl halides is 3. The van der Waals surface area contributed by atoms with Gasteiger partial charge in [-0.2, -0.15) is 0 Å². The lowest BCUT2D eigenvalue weighted by Crippen LogP contribution is -2.15. The Bertz CT molecular complexity index is 469. The van der Waals surface area contributed by atoms with E-state index in [9.17, 15) is 0 Å². The van der Waals surface area contributed by atoms with E-state index in [0.29, 0.717) is 0 Å². The minimum atomic E-state index is -1.70. The summed E-state index contributed by atoms with van der Waals surface area (Å²) in [4.78, 5) is 0. The zero-order chi connectivity index (χ0) is 13.8. The molecule has 1 aromatic rings. The Morgan fingerprint density at radius 1 is 1.33 bits per heavy atom. The third kappa shape index (κ3) is 4.69. The maximum absolute atomic E-state index is 7.49. The molecule has 7 heteroatoms. The normalized spacial score (nSPS) is 11.6. The van der Waals surface area contributed by atoms with E-state index in [1.807, 2.05) is 25.2 Å². The third-order valence-electron chi connectivity index (χ3n) is 2.05. The summed E-state index contributed by atoms with van der Waals surface area (Å²) in [6, 6.07) is 5.72. The molecule has 0 unspecified atom stereocenters. The average molecular weight is 371 g/mol. The molecule has 0 amide bonds. The molecule has 0 saturated heterocycles. The SMILES string of the molecule is CNc1cc(Br)ccc1N/C=C\C(=N)C(Cl)(Cl)Cl. The number of nitrogens with one attached hydrogen (secondary N) is 3. The third-order valence-corrected chi connectivity index (χ3v) is 3.15. The fourth-order valence-corrected chi connectivity index (χ4v) is 1.71. The van der Waals surface area contributed by atoms with Crippen molar-refractivity contribution in [3.05, 3.63) is 34.9 Å². The van der Waals surface area contributed by atoms with Gasteiger partial charge in [-0.05, 0) is 24.3 Å². The van der Waals surface area contributed by atoms with Gasteiger partial charge in [-0.3, -0.25) is 0 Å². The van der Waals surface area contributed by atoms with Gasteiger partial charge in [-0.1, -0.05) is 50.7 Å².